The highest BCUT2D eigenvalue weighted by Crippen LogP contribution is 2.36. The lowest BCUT2D eigenvalue weighted by molar-refractivity contribution is 0.101. The summed E-state index contributed by atoms with van der Waals surface area (Å²) in [5, 5.41) is 2.70. The van der Waals surface area contributed by atoms with Gasteiger partial charge in [0.25, 0.3) is 0 Å². The topological polar surface area (TPSA) is 33.2 Å². The Morgan fingerprint density at radius 1 is 1.75 bits per heavy atom. The molecule has 1 saturated carbocycles. The third kappa shape index (κ3) is 2.38. The Morgan fingerprint density at radius 2 is 2.44 bits per heavy atom. The van der Waals surface area contributed by atoms with Crippen molar-refractivity contribution >= 4 is 33.9 Å². The summed E-state index contributed by atoms with van der Waals surface area (Å²) in [4.78, 5) is 17.8. The predicted molar refractivity (Wildman–Crippen MR) is 67.8 cm³/mol. The molecule has 0 amide bonds. The number of Topliss-reactive ketones (excluding diaryl/α,β-unsaturated/α-hetero) is 1. The summed E-state index contributed by atoms with van der Waals surface area (Å²) in [5.74, 6) is 0.697. The third-order valence-corrected chi connectivity index (χ3v) is 4.29. The summed E-state index contributed by atoms with van der Waals surface area (Å²) < 4.78 is 0. The van der Waals surface area contributed by atoms with Crippen LogP contribution in [0, 0.1) is 5.92 Å². The number of alkyl halides is 1. The van der Waals surface area contributed by atoms with E-state index in [9.17, 15) is 4.79 Å². The molecule has 0 bridgehead atoms. The Morgan fingerprint density at radius 3 is 3.00 bits per heavy atom. The van der Waals surface area contributed by atoms with Gasteiger partial charge in [0.2, 0.25) is 0 Å². The van der Waals surface area contributed by atoms with E-state index >= 15 is 0 Å². The minimum Gasteiger partial charge on any atom is -0.348 e. The maximum atomic E-state index is 11.4. The standard InChI is InChI=1S/C11H15ClN2OS/c1-7(8-3-4-8)14(2)11-13-9(6-16-11)10(15)5-12/h6-8H,3-5H2,1-2H3. The average molecular weight is 259 g/mol. The molecule has 0 aromatic carbocycles. The first-order valence-corrected chi connectivity index (χ1v) is 6.82. The molecule has 2 rings (SSSR count). The fourth-order valence-electron chi connectivity index (χ4n) is 1.69. The van der Waals surface area contributed by atoms with Crippen molar-refractivity contribution in [3.05, 3.63) is 11.1 Å². The van der Waals surface area contributed by atoms with E-state index in [1.165, 1.54) is 24.2 Å². The van der Waals surface area contributed by atoms with E-state index in [0.717, 1.165) is 11.0 Å². The molecule has 0 spiro atoms. The van der Waals surface area contributed by atoms with Crippen LogP contribution in [-0.4, -0.2) is 29.7 Å². The number of rotatable bonds is 5. The first-order valence-electron chi connectivity index (χ1n) is 5.41. The molecule has 1 aliphatic carbocycles. The van der Waals surface area contributed by atoms with Crippen molar-refractivity contribution in [1.82, 2.24) is 4.98 Å². The van der Waals surface area contributed by atoms with Crippen LogP contribution in [0.4, 0.5) is 5.13 Å². The molecule has 1 aromatic rings. The quantitative estimate of drug-likeness (QED) is 0.602. The fraction of sp³-hybridized carbons (Fsp3) is 0.636. The Bertz CT molecular complexity index is 389. The van der Waals surface area contributed by atoms with Crippen molar-refractivity contribution in [2.45, 2.75) is 25.8 Å². The Hall–Kier alpha value is -0.610. The number of hydrogen-bond acceptors (Lipinski definition) is 4. The largest absolute Gasteiger partial charge is 0.348 e. The van der Waals surface area contributed by atoms with Gasteiger partial charge in [0, 0.05) is 18.5 Å². The van der Waals surface area contributed by atoms with E-state index in [1.807, 2.05) is 7.05 Å². The van der Waals surface area contributed by atoms with E-state index < -0.39 is 0 Å². The summed E-state index contributed by atoms with van der Waals surface area (Å²) in [6, 6.07) is 0.505. The van der Waals surface area contributed by atoms with E-state index in [4.69, 9.17) is 11.6 Å². The molecule has 0 aliphatic heterocycles. The Labute approximate surface area is 104 Å². The van der Waals surface area contributed by atoms with Crippen LogP contribution in [0.1, 0.15) is 30.3 Å². The number of nitrogens with zero attached hydrogens (tertiary/aromatic N) is 2. The summed E-state index contributed by atoms with van der Waals surface area (Å²) in [6.07, 6.45) is 2.62. The van der Waals surface area contributed by atoms with Gasteiger partial charge in [0.15, 0.2) is 10.9 Å². The number of carbonyl (C=O) groups excluding carboxylic acids is 1. The van der Waals surface area contributed by atoms with Crippen molar-refractivity contribution in [2.75, 3.05) is 17.8 Å². The van der Waals surface area contributed by atoms with E-state index in [1.54, 1.807) is 5.38 Å². The first kappa shape index (κ1) is 11.9. The van der Waals surface area contributed by atoms with Crippen molar-refractivity contribution in [3.63, 3.8) is 0 Å². The normalized spacial score (nSPS) is 17.2. The zero-order chi connectivity index (χ0) is 11.7. The lowest BCUT2D eigenvalue weighted by Crippen LogP contribution is -2.30. The van der Waals surface area contributed by atoms with Gasteiger partial charge in [-0.15, -0.1) is 22.9 Å². The second-order valence-electron chi connectivity index (χ2n) is 4.26. The van der Waals surface area contributed by atoms with Gasteiger partial charge in [-0.3, -0.25) is 4.79 Å². The van der Waals surface area contributed by atoms with Gasteiger partial charge in [-0.25, -0.2) is 4.98 Å². The van der Waals surface area contributed by atoms with Gasteiger partial charge in [0.05, 0.1) is 5.88 Å². The van der Waals surface area contributed by atoms with Crippen LogP contribution in [0.2, 0.25) is 0 Å². The van der Waals surface area contributed by atoms with Gasteiger partial charge in [0.1, 0.15) is 5.69 Å². The van der Waals surface area contributed by atoms with Crippen LogP contribution < -0.4 is 4.90 Å². The predicted octanol–water partition coefficient (Wildman–Crippen LogP) is 2.80. The molecule has 1 aromatic heterocycles. The van der Waals surface area contributed by atoms with E-state index in [-0.39, 0.29) is 11.7 Å². The molecule has 3 nitrogen and oxygen atoms in total. The van der Waals surface area contributed by atoms with E-state index in [2.05, 4.69) is 16.8 Å². The number of hydrogen-bond donors (Lipinski definition) is 0. The summed E-state index contributed by atoms with van der Waals surface area (Å²) in [7, 11) is 2.04. The first-order chi connectivity index (χ1) is 7.63. The highest BCUT2D eigenvalue weighted by molar-refractivity contribution is 7.14. The number of ketones is 1. The fourth-order valence-corrected chi connectivity index (χ4v) is 2.71. The number of halogens is 1. The second-order valence-corrected chi connectivity index (χ2v) is 5.36. The number of aromatic nitrogens is 1. The summed E-state index contributed by atoms with van der Waals surface area (Å²) >= 11 is 7.01. The highest BCUT2D eigenvalue weighted by Gasteiger charge is 2.31. The molecule has 5 heteroatoms. The van der Waals surface area contributed by atoms with Crippen LogP contribution in [0.15, 0.2) is 5.38 Å². The van der Waals surface area contributed by atoms with Gasteiger partial charge >= 0.3 is 0 Å². The molecule has 0 saturated heterocycles. The smallest absolute Gasteiger partial charge is 0.196 e. The number of thiazole rings is 1. The maximum absolute atomic E-state index is 11.4. The molecule has 0 radical (unpaired) electrons. The molecule has 1 aliphatic rings. The molecule has 88 valence electrons. The number of carbonyl (C=O) groups is 1. The minimum absolute atomic E-state index is 0.00503. The van der Waals surface area contributed by atoms with Gasteiger partial charge in [-0.05, 0) is 25.7 Å². The molecule has 1 atom stereocenters. The third-order valence-electron chi connectivity index (χ3n) is 3.12. The maximum Gasteiger partial charge on any atom is 0.196 e. The second kappa shape index (κ2) is 4.72. The number of anilines is 1. The molecule has 0 N–H and O–H groups in total. The molecular weight excluding hydrogens is 244 g/mol. The average Bonchev–Trinajstić information content (AvgIpc) is 3.03. The summed E-state index contributed by atoms with van der Waals surface area (Å²) in [6.45, 7) is 2.21. The minimum atomic E-state index is -0.100. The van der Waals surface area contributed by atoms with Crippen LogP contribution in [0.3, 0.4) is 0 Å². The highest BCUT2D eigenvalue weighted by atomic mass is 35.5. The molecule has 1 heterocycles. The summed E-state index contributed by atoms with van der Waals surface area (Å²) in [5.41, 5.74) is 0.491. The van der Waals surface area contributed by atoms with Crippen LogP contribution in [0.25, 0.3) is 0 Å². The zero-order valence-electron chi connectivity index (χ0n) is 9.44. The van der Waals surface area contributed by atoms with Gasteiger partial charge < -0.3 is 4.90 Å². The van der Waals surface area contributed by atoms with Crippen LogP contribution in [-0.2, 0) is 0 Å². The molecule has 1 unspecified atom stereocenters. The molecule has 1 fully saturated rings. The Kier molecular flexibility index (Phi) is 3.50. The van der Waals surface area contributed by atoms with Gasteiger partial charge in [-0.1, -0.05) is 0 Å². The lowest BCUT2D eigenvalue weighted by atomic mass is 10.2. The Balaban J connectivity index is 2.08. The zero-order valence-corrected chi connectivity index (χ0v) is 11.0. The van der Waals surface area contributed by atoms with Crippen LogP contribution >= 0.6 is 22.9 Å². The monoisotopic (exact) mass is 258 g/mol. The van der Waals surface area contributed by atoms with Crippen molar-refractivity contribution in [3.8, 4) is 0 Å². The van der Waals surface area contributed by atoms with Crippen molar-refractivity contribution in [1.29, 1.82) is 0 Å². The SMILES string of the molecule is CC(C1CC1)N(C)c1nc(C(=O)CCl)cs1. The van der Waals surface area contributed by atoms with E-state index in [0.29, 0.717) is 11.7 Å². The van der Waals surface area contributed by atoms with Crippen LogP contribution in [0.5, 0.6) is 0 Å². The lowest BCUT2D eigenvalue weighted by Gasteiger charge is -2.23. The van der Waals surface area contributed by atoms with Crippen molar-refractivity contribution < 1.29 is 4.79 Å². The molecular formula is C11H15ClN2OS. The van der Waals surface area contributed by atoms with Gasteiger partial charge in [-0.2, -0.15) is 0 Å². The van der Waals surface area contributed by atoms with Crippen molar-refractivity contribution in [2.24, 2.45) is 5.92 Å². The molecule has 16 heavy (non-hydrogen) atoms.